The molecule has 23 heavy (non-hydrogen) atoms. The summed E-state index contributed by atoms with van der Waals surface area (Å²) >= 11 is 0. The van der Waals surface area contributed by atoms with Gasteiger partial charge in [-0.2, -0.15) is 13.2 Å². The highest BCUT2D eigenvalue weighted by molar-refractivity contribution is 5.41. The Bertz CT molecular complexity index is 456. The Morgan fingerprint density at radius 3 is 1.70 bits per heavy atom. The van der Waals surface area contributed by atoms with Gasteiger partial charge in [-0.05, 0) is 37.5 Å². The third kappa shape index (κ3) is 5.61. The lowest BCUT2D eigenvalue weighted by Gasteiger charge is -2.27. The van der Waals surface area contributed by atoms with Gasteiger partial charge in [-0.25, -0.2) is 0 Å². The molecule has 0 aliphatic heterocycles. The molecule has 1 rings (SSSR count). The average Bonchev–Trinajstić information content (AvgIpc) is 2.46. The van der Waals surface area contributed by atoms with Crippen molar-refractivity contribution in [1.29, 1.82) is 0 Å². The first-order valence-corrected chi connectivity index (χ1v) is 7.92. The Labute approximate surface area is 135 Å². The van der Waals surface area contributed by atoms with Crippen molar-refractivity contribution in [3.8, 4) is 11.5 Å². The number of halogens is 3. The van der Waals surface area contributed by atoms with E-state index in [9.17, 15) is 18.3 Å². The number of ether oxygens (including phenoxy) is 2. The normalized spacial score (nSPS) is 14.4. The van der Waals surface area contributed by atoms with E-state index in [0.29, 0.717) is 13.2 Å². The lowest BCUT2D eigenvalue weighted by atomic mass is 9.95. The summed E-state index contributed by atoms with van der Waals surface area (Å²) in [7, 11) is 0. The minimum absolute atomic E-state index is 0.270. The molecule has 132 valence electrons. The molecule has 0 heterocycles. The molecule has 1 unspecified atom stereocenters. The monoisotopic (exact) mass is 334 g/mol. The summed E-state index contributed by atoms with van der Waals surface area (Å²) in [5.41, 5.74) is -3.24. The minimum atomic E-state index is -4.78. The van der Waals surface area contributed by atoms with Crippen molar-refractivity contribution >= 4 is 0 Å². The molecule has 0 aliphatic carbocycles. The Hall–Kier alpha value is -1.43. The second kappa shape index (κ2) is 8.43. The predicted molar refractivity (Wildman–Crippen MR) is 82.9 cm³/mol. The van der Waals surface area contributed by atoms with Crippen LogP contribution in [0.4, 0.5) is 13.2 Å². The SMILES string of the molecule is CCCCOc1cc(OCCCC)cc(C(C)(O)C(F)(F)F)c1. The van der Waals surface area contributed by atoms with Crippen LogP contribution in [0.3, 0.4) is 0 Å². The van der Waals surface area contributed by atoms with Gasteiger partial charge in [0.25, 0.3) is 0 Å². The molecular weight excluding hydrogens is 309 g/mol. The van der Waals surface area contributed by atoms with Crippen LogP contribution in [0.15, 0.2) is 18.2 Å². The van der Waals surface area contributed by atoms with Crippen molar-refractivity contribution in [1.82, 2.24) is 0 Å². The maximum absolute atomic E-state index is 13.1. The lowest BCUT2D eigenvalue weighted by Crippen LogP contribution is -2.39. The van der Waals surface area contributed by atoms with Gasteiger partial charge in [0, 0.05) is 6.07 Å². The second-order valence-electron chi connectivity index (χ2n) is 5.67. The number of aliphatic hydroxyl groups is 1. The first-order chi connectivity index (χ1) is 10.7. The molecule has 0 bridgehead atoms. The number of benzene rings is 1. The smallest absolute Gasteiger partial charge is 0.421 e. The summed E-state index contributed by atoms with van der Waals surface area (Å²) in [6.07, 6.45) is -1.35. The zero-order valence-corrected chi connectivity index (χ0v) is 13.9. The van der Waals surface area contributed by atoms with Gasteiger partial charge in [0.2, 0.25) is 0 Å². The summed E-state index contributed by atoms with van der Waals surface area (Å²) in [5.74, 6) is 0.541. The molecule has 0 radical (unpaired) electrons. The van der Waals surface area contributed by atoms with Crippen LogP contribution < -0.4 is 9.47 Å². The zero-order chi connectivity index (χ0) is 17.5. The minimum Gasteiger partial charge on any atom is -0.493 e. The van der Waals surface area contributed by atoms with Crippen LogP contribution in [0, 0.1) is 0 Å². The van der Waals surface area contributed by atoms with Gasteiger partial charge in [-0.1, -0.05) is 26.7 Å². The maximum atomic E-state index is 13.1. The van der Waals surface area contributed by atoms with Crippen LogP contribution in [0.25, 0.3) is 0 Å². The molecule has 0 aromatic heterocycles. The lowest BCUT2D eigenvalue weighted by molar-refractivity contribution is -0.258. The molecule has 0 fully saturated rings. The van der Waals surface area contributed by atoms with E-state index in [0.717, 1.165) is 32.6 Å². The van der Waals surface area contributed by atoms with Crippen LogP contribution in [0.5, 0.6) is 11.5 Å². The number of unbranched alkanes of at least 4 members (excludes halogenated alkanes) is 2. The third-order valence-corrected chi connectivity index (χ3v) is 3.53. The van der Waals surface area contributed by atoms with E-state index in [-0.39, 0.29) is 17.1 Å². The van der Waals surface area contributed by atoms with Crippen molar-refractivity contribution in [2.45, 2.75) is 58.2 Å². The Kier molecular flexibility index (Phi) is 7.19. The van der Waals surface area contributed by atoms with Gasteiger partial charge in [-0.15, -0.1) is 0 Å². The van der Waals surface area contributed by atoms with E-state index in [1.807, 2.05) is 13.8 Å². The van der Waals surface area contributed by atoms with Gasteiger partial charge in [0.1, 0.15) is 11.5 Å². The number of hydrogen-bond acceptors (Lipinski definition) is 3. The summed E-state index contributed by atoms with van der Waals surface area (Å²) in [5, 5.41) is 9.88. The zero-order valence-electron chi connectivity index (χ0n) is 13.9. The summed E-state index contributed by atoms with van der Waals surface area (Å²) in [6.45, 7) is 5.53. The molecule has 1 N–H and O–H groups in total. The number of rotatable bonds is 9. The van der Waals surface area contributed by atoms with Crippen molar-refractivity contribution in [2.75, 3.05) is 13.2 Å². The molecule has 0 amide bonds. The Morgan fingerprint density at radius 1 is 0.913 bits per heavy atom. The van der Waals surface area contributed by atoms with Crippen molar-refractivity contribution in [2.24, 2.45) is 0 Å². The highest BCUT2D eigenvalue weighted by Gasteiger charge is 2.51. The van der Waals surface area contributed by atoms with Crippen LogP contribution in [-0.4, -0.2) is 24.5 Å². The standard InChI is InChI=1S/C17H25F3O3/c1-4-6-8-22-14-10-13(16(3,21)17(18,19)20)11-15(12-14)23-9-7-5-2/h10-12,21H,4-9H2,1-3H3. The number of alkyl halides is 3. The fourth-order valence-corrected chi connectivity index (χ4v) is 1.85. The van der Waals surface area contributed by atoms with E-state index < -0.39 is 11.8 Å². The fraction of sp³-hybridized carbons (Fsp3) is 0.647. The van der Waals surface area contributed by atoms with Gasteiger partial charge >= 0.3 is 6.18 Å². The summed E-state index contributed by atoms with van der Waals surface area (Å²) in [6, 6.07) is 3.99. The van der Waals surface area contributed by atoms with E-state index in [2.05, 4.69) is 0 Å². The Balaban J connectivity index is 3.07. The Morgan fingerprint density at radius 2 is 1.35 bits per heavy atom. The first-order valence-electron chi connectivity index (χ1n) is 7.92. The van der Waals surface area contributed by atoms with Crippen LogP contribution in [0.2, 0.25) is 0 Å². The molecule has 0 spiro atoms. The summed E-state index contributed by atoms with van der Waals surface area (Å²) in [4.78, 5) is 0. The predicted octanol–water partition coefficient (Wildman–Crippen LogP) is 4.81. The second-order valence-corrected chi connectivity index (χ2v) is 5.67. The van der Waals surface area contributed by atoms with E-state index in [1.165, 1.54) is 12.1 Å². The molecule has 1 aromatic carbocycles. The highest BCUT2D eigenvalue weighted by atomic mass is 19.4. The van der Waals surface area contributed by atoms with Crippen molar-refractivity contribution < 1.29 is 27.8 Å². The molecule has 1 aromatic rings. The molecule has 1 atom stereocenters. The molecule has 6 heteroatoms. The topological polar surface area (TPSA) is 38.7 Å². The maximum Gasteiger partial charge on any atom is 0.421 e. The van der Waals surface area contributed by atoms with E-state index >= 15 is 0 Å². The van der Waals surface area contributed by atoms with Gasteiger partial charge in [0.05, 0.1) is 13.2 Å². The van der Waals surface area contributed by atoms with Gasteiger partial charge < -0.3 is 14.6 Å². The fourth-order valence-electron chi connectivity index (χ4n) is 1.85. The molecule has 0 saturated carbocycles. The third-order valence-electron chi connectivity index (χ3n) is 3.53. The van der Waals surface area contributed by atoms with Gasteiger partial charge in [-0.3, -0.25) is 0 Å². The largest absolute Gasteiger partial charge is 0.493 e. The molecular formula is C17H25F3O3. The highest BCUT2D eigenvalue weighted by Crippen LogP contribution is 2.41. The quantitative estimate of drug-likeness (QED) is 0.658. The van der Waals surface area contributed by atoms with Crippen LogP contribution >= 0.6 is 0 Å². The molecule has 0 aliphatic rings. The molecule has 3 nitrogen and oxygen atoms in total. The summed E-state index contributed by atoms with van der Waals surface area (Å²) < 4.78 is 50.2. The van der Waals surface area contributed by atoms with Crippen LogP contribution in [-0.2, 0) is 5.60 Å². The van der Waals surface area contributed by atoms with E-state index in [1.54, 1.807) is 6.07 Å². The van der Waals surface area contributed by atoms with Gasteiger partial charge in [0.15, 0.2) is 5.60 Å². The van der Waals surface area contributed by atoms with Crippen molar-refractivity contribution in [3.05, 3.63) is 23.8 Å². The average molecular weight is 334 g/mol. The first kappa shape index (κ1) is 19.6. The van der Waals surface area contributed by atoms with Crippen LogP contribution in [0.1, 0.15) is 52.0 Å². The van der Waals surface area contributed by atoms with Crippen molar-refractivity contribution in [3.63, 3.8) is 0 Å². The van der Waals surface area contributed by atoms with E-state index in [4.69, 9.17) is 9.47 Å². The molecule has 0 saturated heterocycles. The number of hydrogen-bond donors (Lipinski definition) is 1.